The number of halogens is 1. The monoisotopic (exact) mass is 718 g/mol. The van der Waals surface area contributed by atoms with Crippen LogP contribution < -0.4 is 24.6 Å². The summed E-state index contributed by atoms with van der Waals surface area (Å²) in [4.78, 5) is 69.1. The van der Waals surface area contributed by atoms with Crippen molar-refractivity contribution in [3.63, 3.8) is 0 Å². The molecule has 0 radical (unpaired) electrons. The Kier molecular flexibility index (Phi) is 7.76. The minimum absolute atomic E-state index is 0.0900. The molecule has 8 rings (SSSR count). The number of non-ortho nitro benzene ring substituents is 1. The molecule has 0 spiro atoms. The standard InChI is InChI=1S/C34H27ClN4O8S2/c1-46-19-9-3-16(4-10-19)36-24(40)14-47-23-11-2-15(35)12-20(23)25-26-21-13-22(29(26)48-31-30(25)49-34(43)37-31)28-27(21)32(41)38(33(28)42)17-5-7-18(8-6-17)39(44)45/h2-12,21-22,25-29H,13-14H2,1H3,(H,36,40)(H,37,43)/t21-,22-,25-,26?,27?,28?,29?/m1/s1. The third-order valence-electron chi connectivity index (χ3n) is 10.1. The third-order valence-corrected chi connectivity index (χ3v) is 12.9. The number of methoxy groups -OCH3 is 1. The second kappa shape index (κ2) is 12.0. The molecule has 2 N–H and O–H groups in total. The molecule has 3 heterocycles. The van der Waals surface area contributed by atoms with Crippen molar-refractivity contribution in [1.29, 1.82) is 0 Å². The second-order valence-electron chi connectivity index (χ2n) is 12.5. The number of nitro benzene ring substituents is 1. The van der Waals surface area contributed by atoms with Gasteiger partial charge in [-0.1, -0.05) is 22.9 Å². The molecule has 15 heteroatoms. The summed E-state index contributed by atoms with van der Waals surface area (Å²) in [6, 6.07) is 17.5. The molecule has 3 amide bonds. The fourth-order valence-corrected chi connectivity index (χ4v) is 11.3. The average Bonchev–Trinajstić information content (AvgIpc) is 3.83. The minimum Gasteiger partial charge on any atom is -0.497 e. The Morgan fingerprint density at radius 1 is 1.04 bits per heavy atom. The van der Waals surface area contributed by atoms with E-state index in [9.17, 15) is 29.3 Å². The first-order chi connectivity index (χ1) is 23.6. The topological polar surface area (TPSA) is 161 Å². The Hall–Kier alpha value is -4.66. The zero-order chi connectivity index (χ0) is 34.1. The van der Waals surface area contributed by atoms with Crippen LogP contribution in [0.15, 0.2) is 76.6 Å². The lowest BCUT2D eigenvalue weighted by atomic mass is 9.68. The number of nitrogens with zero attached hydrogens (tertiary/aromatic N) is 2. The van der Waals surface area contributed by atoms with Crippen molar-refractivity contribution < 1.29 is 28.8 Å². The van der Waals surface area contributed by atoms with Gasteiger partial charge in [0.15, 0.2) is 6.61 Å². The molecule has 1 saturated heterocycles. The zero-order valence-corrected chi connectivity index (χ0v) is 28.1. The fourth-order valence-electron chi connectivity index (χ4n) is 8.25. The maximum atomic E-state index is 14.1. The predicted octanol–water partition coefficient (Wildman–Crippen LogP) is 5.70. The van der Waals surface area contributed by atoms with Crippen LogP contribution in [0.5, 0.6) is 11.5 Å². The van der Waals surface area contributed by atoms with E-state index < -0.39 is 22.7 Å². The van der Waals surface area contributed by atoms with E-state index in [0.29, 0.717) is 39.9 Å². The maximum absolute atomic E-state index is 14.1. The van der Waals surface area contributed by atoms with Crippen LogP contribution in [0.1, 0.15) is 22.8 Å². The fraction of sp³-hybridized carbons (Fsp3) is 0.294. The van der Waals surface area contributed by atoms with Crippen LogP contribution in [0, 0.1) is 39.7 Å². The molecule has 4 aliphatic rings. The van der Waals surface area contributed by atoms with Crippen LogP contribution in [-0.4, -0.2) is 46.6 Å². The van der Waals surface area contributed by atoms with Gasteiger partial charge in [0.1, 0.15) is 11.5 Å². The van der Waals surface area contributed by atoms with Gasteiger partial charge in [0.2, 0.25) is 11.8 Å². The Morgan fingerprint density at radius 2 is 1.76 bits per heavy atom. The number of carbonyl (C=O) groups excluding carboxylic acids is 3. The van der Waals surface area contributed by atoms with Crippen LogP contribution in [0.2, 0.25) is 5.02 Å². The van der Waals surface area contributed by atoms with Crippen molar-refractivity contribution in [1.82, 2.24) is 4.98 Å². The molecule has 3 fully saturated rings. The van der Waals surface area contributed by atoms with Crippen LogP contribution in [-0.2, 0) is 14.4 Å². The number of thioether (sulfide) groups is 1. The first-order valence-electron chi connectivity index (χ1n) is 15.5. The number of carbonyl (C=O) groups is 3. The number of aromatic nitrogens is 1. The van der Waals surface area contributed by atoms with E-state index >= 15 is 0 Å². The van der Waals surface area contributed by atoms with Gasteiger partial charge < -0.3 is 19.8 Å². The molecule has 2 aliphatic heterocycles. The number of nitro groups is 1. The summed E-state index contributed by atoms with van der Waals surface area (Å²) < 4.78 is 11.3. The quantitative estimate of drug-likeness (QED) is 0.132. The molecule has 4 unspecified atom stereocenters. The minimum atomic E-state index is -0.576. The van der Waals surface area contributed by atoms with Crippen molar-refractivity contribution in [2.75, 3.05) is 23.9 Å². The molecule has 1 aromatic heterocycles. The first kappa shape index (κ1) is 31.6. The van der Waals surface area contributed by atoms with Crippen molar-refractivity contribution in [3.8, 4) is 11.5 Å². The lowest BCUT2D eigenvalue weighted by Gasteiger charge is -2.43. The summed E-state index contributed by atoms with van der Waals surface area (Å²) in [6.07, 6.45) is 0.667. The molecule has 2 bridgehead atoms. The Bertz CT molecular complexity index is 2080. The number of anilines is 2. The van der Waals surface area contributed by atoms with E-state index in [1.165, 1.54) is 29.2 Å². The molecule has 2 aliphatic carbocycles. The Labute approximate surface area is 291 Å². The smallest absolute Gasteiger partial charge is 0.305 e. The summed E-state index contributed by atoms with van der Waals surface area (Å²) in [5, 5.41) is 15.1. The number of hydrogen-bond donors (Lipinski definition) is 2. The summed E-state index contributed by atoms with van der Waals surface area (Å²) in [6.45, 7) is -0.291. The summed E-state index contributed by atoms with van der Waals surface area (Å²) in [7, 11) is 1.56. The van der Waals surface area contributed by atoms with Gasteiger partial charge in [0.05, 0.1) is 34.6 Å². The molecule has 3 aromatic carbocycles. The molecule has 7 atom stereocenters. The zero-order valence-electron chi connectivity index (χ0n) is 25.7. The van der Waals surface area contributed by atoms with E-state index in [2.05, 4.69) is 10.3 Å². The lowest BCUT2D eigenvalue weighted by molar-refractivity contribution is -0.384. The number of hydrogen-bond acceptors (Lipinski definition) is 10. The number of imide groups is 1. The molecule has 12 nitrogen and oxygen atoms in total. The molecular weight excluding hydrogens is 692 g/mol. The van der Waals surface area contributed by atoms with E-state index in [-0.39, 0.29) is 57.9 Å². The van der Waals surface area contributed by atoms with Crippen molar-refractivity contribution in [2.45, 2.75) is 22.6 Å². The number of fused-ring (bicyclic) bond motifs is 9. The van der Waals surface area contributed by atoms with Gasteiger partial charge in [-0.05, 0) is 78.8 Å². The highest BCUT2D eigenvalue weighted by Gasteiger charge is 2.70. The number of ether oxygens (including phenoxy) is 2. The maximum Gasteiger partial charge on any atom is 0.305 e. The highest BCUT2D eigenvalue weighted by Crippen LogP contribution is 2.69. The Balaban J connectivity index is 1.11. The number of benzene rings is 3. The molecule has 250 valence electrons. The Morgan fingerprint density at radius 3 is 2.45 bits per heavy atom. The SMILES string of the molecule is COc1ccc(NC(=O)COc2ccc(Cl)cc2[C@H]2c3sc(=O)[nH]c3SC3C2[C@H]2C[C@@H]3C3C(=O)N(c4ccc([N+](=O)[O-])cc4)C(=O)C32)cc1. The highest BCUT2D eigenvalue weighted by atomic mass is 35.5. The first-order valence-corrected chi connectivity index (χ1v) is 17.6. The van der Waals surface area contributed by atoms with Gasteiger partial charge in [-0.3, -0.25) is 34.2 Å². The van der Waals surface area contributed by atoms with Gasteiger partial charge >= 0.3 is 4.87 Å². The van der Waals surface area contributed by atoms with Crippen molar-refractivity contribution in [3.05, 3.63) is 102 Å². The normalized spacial score (nSPS) is 26.2. The van der Waals surface area contributed by atoms with E-state index in [4.69, 9.17) is 21.1 Å². The highest BCUT2D eigenvalue weighted by molar-refractivity contribution is 8.00. The number of aromatic amines is 1. The van der Waals surface area contributed by atoms with E-state index in [0.717, 1.165) is 21.2 Å². The largest absolute Gasteiger partial charge is 0.497 e. The average molecular weight is 719 g/mol. The van der Waals surface area contributed by atoms with Crippen LogP contribution >= 0.6 is 34.7 Å². The van der Waals surface area contributed by atoms with E-state index in [1.54, 1.807) is 61.3 Å². The van der Waals surface area contributed by atoms with E-state index in [1.807, 2.05) is 0 Å². The van der Waals surface area contributed by atoms with Crippen molar-refractivity contribution in [2.24, 2.45) is 29.6 Å². The number of H-pyrrole nitrogens is 1. The predicted molar refractivity (Wildman–Crippen MR) is 183 cm³/mol. The van der Waals surface area contributed by atoms with Gasteiger partial charge in [0, 0.05) is 44.5 Å². The van der Waals surface area contributed by atoms with Gasteiger partial charge in [-0.2, -0.15) is 0 Å². The molecular formula is C34H27ClN4O8S2. The third kappa shape index (κ3) is 5.20. The summed E-state index contributed by atoms with van der Waals surface area (Å²) >= 11 is 9.22. The molecule has 49 heavy (non-hydrogen) atoms. The number of amides is 3. The van der Waals surface area contributed by atoms with Crippen LogP contribution in [0.3, 0.4) is 0 Å². The number of thiazole rings is 1. The summed E-state index contributed by atoms with van der Waals surface area (Å²) in [5.41, 5.74) is 1.45. The van der Waals surface area contributed by atoms with Gasteiger partial charge in [0.25, 0.3) is 11.6 Å². The second-order valence-corrected chi connectivity index (χ2v) is 15.1. The molecule has 2 saturated carbocycles. The number of nitrogens with one attached hydrogen (secondary N) is 2. The summed E-state index contributed by atoms with van der Waals surface area (Å²) in [5.74, 6) is -1.88. The van der Waals surface area contributed by atoms with Gasteiger partial charge in [-0.15, -0.1) is 11.8 Å². The van der Waals surface area contributed by atoms with Gasteiger partial charge in [-0.25, -0.2) is 0 Å². The number of rotatable bonds is 8. The van der Waals surface area contributed by atoms with Crippen molar-refractivity contribution >= 4 is 69.5 Å². The van der Waals surface area contributed by atoms with Crippen LogP contribution in [0.25, 0.3) is 0 Å². The van der Waals surface area contributed by atoms with Crippen LogP contribution in [0.4, 0.5) is 17.1 Å². The lowest BCUT2D eigenvalue weighted by Crippen LogP contribution is -2.42. The molecule has 4 aromatic rings.